The van der Waals surface area contributed by atoms with E-state index in [0.29, 0.717) is 17.1 Å². The maximum absolute atomic E-state index is 13.0. The topological polar surface area (TPSA) is 64.2 Å². The average Bonchev–Trinajstić information content (AvgIpc) is 3.18. The van der Waals surface area contributed by atoms with Crippen LogP contribution in [0.25, 0.3) is 16.5 Å². The molecule has 2 aliphatic rings. The minimum Gasteiger partial charge on any atom is -0.480 e. The van der Waals surface area contributed by atoms with E-state index in [1.54, 1.807) is 0 Å². The molecule has 0 spiro atoms. The summed E-state index contributed by atoms with van der Waals surface area (Å²) in [7, 11) is 0. The van der Waals surface area contributed by atoms with Gasteiger partial charge in [-0.1, -0.05) is 18.2 Å². The second-order valence-electron chi connectivity index (χ2n) is 6.66. The number of carboxylic acids is 1. The van der Waals surface area contributed by atoms with Gasteiger partial charge in [-0.15, -0.1) is 11.8 Å². The van der Waals surface area contributed by atoms with Crippen LogP contribution in [0.4, 0.5) is 0 Å². The van der Waals surface area contributed by atoms with Gasteiger partial charge in [0.05, 0.1) is 10.4 Å². The maximum Gasteiger partial charge on any atom is 0.327 e. The molecule has 1 aromatic carbocycles. The fourth-order valence-corrected chi connectivity index (χ4v) is 5.06. The van der Waals surface area contributed by atoms with E-state index in [0.717, 1.165) is 34.5 Å². The number of aromatic nitrogens is 2. The number of rotatable bonds is 3. The minimum absolute atomic E-state index is 0.193. The number of fused-ring (bicyclic) bond motifs is 2. The van der Waals surface area contributed by atoms with E-state index in [2.05, 4.69) is 0 Å². The van der Waals surface area contributed by atoms with Gasteiger partial charge in [0.1, 0.15) is 6.04 Å². The molecule has 25 heavy (non-hydrogen) atoms. The lowest BCUT2D eigenvalue weighted by Crippen LogP contribution is -2.29. The highest BCUT2D eigenvalue weighted by Crippen LogP contribution is 2.49. The molecule has 1 aliphatic carbocycles. The number of para-hydroxylation sites is 1. The predicted octanol–water partition coefficient (Wildman–Crippen LogP) is 3.40. The van der Waals surface area contributed by atoms with Crippen molar-refractivity contribution in [3.05, 3.63) is 58.6 Å². The molecule has 0 saturated heterocycles. The van der Waals surface area contributed by atoms with Crippen molar-refractivity contribution in [3.8, 4) is 5.69 Å². The lowest BCUT2D eigenvalue weighted by Gasteiger charge is -2.13. The third-order valence-electron chi connectivity index (χ3n) is 5.03. The molecule has 5 nitrogen and oxygen atoms in total. The second-order valence-corrected chi connectivity index (χ2v) is 7.67. The maximum atomic E-state index is 13.0. The number of hydrogen-bond acceptors (Lipinski definition) is 3. The summed E-state index contributed by atoms with van der Waals surface area (Å²) in [4.78, 5) is 24.6. The van der Waals surface area contributed by atoms with Gasteiger partial charge in [0.25, 0.3) is 5.56 Å². The number of carbonyl (C=O) groups is 1. The van der Waals surface area contributed by atoms with Gasteiger partial charge in [-0.05, 0) is 36.5 Å². The van der Waals surface area contributed by atoms with Gasteiger partial charge in [0.2, 0.25) is 0 Å². The lowest BCUT2D eigenvalue weighted by atomic mass is 10.1. The number of nitrogens with zero attached hydrogens (tertiary/aromatic N) is 2. The normalized spacial score (nSPS) is 19.3. The fourth-order valence-electron chi connectivity index (χ4n) is 3.67. The van der Waals surface area contributed by atoms with E-state index in [1.165, 1.54) is 16.3 Å². The van der Waals surface area contributed by atoms with Gasteiger partial charge in [-0.25, -0.2) is 4.79 Å². The van der Waals surface area contributed by atoms with E-state index >= 15 is 0 Å². The first kappa shape index (κ1) is 14.8. The molecule has 1 saturated carbocycles. The van der Waals surface area contributed by atoms with Crippen molar-refractivity contribution < 1.29 is 9.90 Å². The van der Waals surface area contributed by atoms with Crippen LogP contribution in [0.2, 0.25) is 0 Å². The Labute approximate surface area is 147 Å². The standard InChI is InChI=1S/C19H16N2O3S/c22-17-14-9-20(12-4-2-1-3-5-12)8-13(14)16(11-6-7-11)18-21(17)15(10-25-18)19(23)24/h1-5,8-9,11,15H,6-7,10H2,(H,23,24)/t15-/m0/s1. The molecule has 126 valence electrons. The van der Waals surface area contributed by atoms with Crippen LogP contribution >= 0.6 is 11.8 Å². The van der Waals surface area contributed by atoms with Crippen molar-refractivity contribution in [2.24, 2.45) is 0 Å². The highest BCUT2D eigenvalue weighted by atomic mass is 32.2. The summed E-state index contributed by atoms with van der Waals surface area (Å²) in [5.74, 6) is -0.0665. The van der Waals surface area contributed by atoms with E-state index < -0.39 is 12.0 Å². The van der Waals surface area contributed by atoms with Crippen LogP contribution in [0.5, 0.6) is 0 Å². The highest BCUT2D eigenvalue weighted by molar-refractivity contribution is 7.99. The summed E-state index contributed by atoms with van der Waals surface area (Å²) in [5, 5.41) is 12.0. The van der Waals surface area contributed by atoms with Crippen molar-refractivity contribution >= 4 is 28.5 Å². The van der Waals surface area contributed by atoms with Gasteiger partial charge in [-0.3, -0.25) is 9.36 Å². The minimum atomic E-state index is -0.933. The molecule has 3 aromatic rings. The third kappa shape index (κ3) is 2.17. The molecule has 1 N–H and O–H groups in total. The first-order chi connectivity index (χ1) is 12.1. The van der Waals surface area contributed by atoms with E-state index in [4.69, 9.17) is 0 Å². The summed E-state index contributed by atoms with van der Waals surface area (Å²) in [6, 6.07) is 9.11. The molecule has 0 amide bonds. The Morgan fingerprint density at radius 1 is 1.12 bits per heavy atom. The Morgan fingerprint density at radius 2 is 1.84 bits per heavy atom. The zero-order chi connectivity index (χ0) is 17.1. The average molecular weight is 352 g/mol. The highest BCUT2D eigenvalue weighted by Gasteiger charge is 2.38. The van der Waals surface area contributed by atoms with Gasteiger partial charge >= 0.3 is 5.97 Å². The zero-order valence-corrected chi connectivity index (χ0v) is 14.2. The van der Waals surface area contributed by atoms with E-state index in [1.807, 2.05) is 47.3 Å². The second kappa shape index (κ2) is 5.26. The lowest BCUT2D eigenvalue weighted by molar-refractivity contribution is -0.140. The third-order valence-corrected chi connectivity index (χ3v) is 6.20. The zero-order valence-electron chi connectivity index (χ0n) is 13.4. The number of thioether (sulfide) groups is 1. The molecule has 6 heteroatoms. The molecule has 1 atom stereocenters. The monoisotopic (exact) mass is 352 g/mol. The van der Waals surface area contributed by atoms with Crippen LogP contribution in [-0.2, 0) is 4.79 Å². The summed E-state index contributed by atoms with van der Waals surface area (Å²) in [6.07, 6.45) is 6.08. The molecule has 5 rings (SSSR count). The van der Waals surface area contributed by atoms with Gasteiger partial charge < -0.3 is 9.67 Å². The number of benzene rings is 1. The summed E-state index contributed by atoms with van der Waals surface area (Å²) in [6.45, 7) is 0. The first-order valence-corrected chi connectivity index (χ1v) is 9.35. The first-order valence-electron chi connectivity index (χ1n) is 8.36. The van der Waals surface area contributed by atoms with Crippen molar-refractivity contribution in [1.82, 2.24) is 9.13 Å². The smallest absolute Gasteiger partial charge is 0.327 e. The van der Waals surface area contributed by atoms with Gasteiger partial charge in [-0.2, -0.15) is 0 Å². The molecule has 3 heterocycles. The van der Waals surface area contributed by atoms with E-state index in [-0.39, 0.29) is 5.56 Å². The Kier molecular flexibility index (Phi) is 3.12. The molecular weight excluding hydrogens is 336 g/mol. The quantitative estimate of drug-likeness (QED) is 0.785. The van der Waals surface area contributed by atoms with Gasteiger partial charge in [0, 0.05) is 29.2 Å². The number of carboxylic acid groups (broad SMARTS) is 1. The van der Waals surface area contributed by atoms with Crippen LogP contribution in [0.15, 0.2) is 52.5 Å². The van der Waals surface area contributed by atoms with Crippen LogP contribution < -0.4 is 5.56 Å². The van der Waals surface area contributed by atoms with Crippen molar-refractivity contribution in [1.29, 1.82) is 0 Å². The molecule has 0 radical (unpaired) electrons. The number of hydrogen-bond donors (Lipinski definition) is 1. The van der Waals surface area contributed by atoms with Crippen LogP contribution in [0.3, 0.4) is 0 Å². The number of aliphatic carboxylic acids is 1. The van der Waals surface area contributed by atoms with Crippen LogP contribution in [-0.4, -0.2) is 26.0 Å². The molecule has 2 aromatic heterocycles. The summed E-state index contributed by atoms with van der Waals surface area (Å²) >= 11 is 1.51. The Balaban J connectivity index is 1.82. The Morgan fingerprint density at radius 3 is 2.52 bits per heavy atom. The fraction of sp³-hybridized carbons (Fsp3) is 0.263. The number of pyridine rings is 1. The summed E-state index contributed by atoms with van der Waals surface area (Å²) < 4.78 is 3.48. The van der Waals surface area contributed by atoms with Crippen LogP contribution in [0, 0.1) is 0 Å². The molecular formula is C19H16N2O3S. The van der Waals surface area contributed by atoms with Crippen molar-refractivity contribution in [2.45, 2.75) is 29.8 Å². The molecule has 1 aliphatic heterocycles. The molecule has 0 unspecified atom stereocenters. The van der Waals surface area contributed by atoms with Gasteiger partial charge in [0.15, 0.2) is 0 Å². The van der Waals surface area contributed by atoms with Crippen molar-refractivity contribution in [3.63, 3.8) is 0 Å². The Bertz CT molecular complexity index is 1060. The predicted molar refractivity (Wildman–Crippen MR) is 96.9 cm³/mol. The van der Waals surface area contributed by atoms with Crippen LogP contribution in [0.1, 0.15) is 30.4 Å². The Hall–Kier alpha value is -2.47. The summed E-state index contributed by atoms with van der Waals surface area (Å²) in [5.41, 5.74) is 1.96. The SMILES string of the molecule is O=C(O)[C@@H]1CSc2c(C3CC3)c3cn(-c4ccccc4)cc3c(=O)n21. The largest absolute Gasteiger partial charge is 0.480 e. The van der Waals surface area contributed by atoms with E-state index in [9.17, 15) is 14.7 Å². The molecule has 0 bridgehead atoms. The van der Waals surface area contributed by atoms with Crippen molar-refractivity contribution in [2.75, 3.05) is 5.75 Å². The molecule has 1 fully saturated rings.